The molecule has 28 heavy (non-hydrogen) atoms. The first-order valence-corrected chi connectivity index (χ1v) is 9.87. The Bertz CT molecular complexity index is 807. The quantitative estimate of drug-likeness (QED) is 0.611. The number of hydrogen-bond donors (Lipinski definition) is 4. The maximum atomic E-state index is 10.6. The van der Waals surface area contributed by atoms with Gasteiger partial charge in [-0.3, -0.25) is 0 Å². The third-order valence-electron chi connectivity index (χ3n) is 5.64. The molecule has 0 aliphatic carbocycles. The Labute approximate surface area is 170 Å². The topological polar surface area (TPSA) is 90.2 Å². The average molecular weight is 407 g/mol. The molecule has 3 rings (SSSR count). The van der Waals surface area contributed by atoms with Crippen molar-refractivity contribution in [3.8, 4) is 0 Å². The van der Waals surface area contributed by atoms with E-state index in [0.29, 0.717) is 17.0 Å². The smallest absolute Gasteiger partial charge is 0.119 e. The first kappa shape index (κ1) is 21.2. The van der Waals surface area contributed by atoms with E-state index in [-0.39, 0.29) is 0 Å². The van der Waals surface area contributed by atoms with Crippen LogP contribution in [0.4, 0.5) is 0 Å². The van der Waals surface area contributed by atoms with Crippen molar-refractivity contribution >= 4 is 11.6 Å². The molecule has 1 aliphatic heterocycles. The molecule has 2 aromatic rings. The van der Waals surface area contributed by atoms with Crippen LogP contribution in [0.2, 0.25) is 5.02 Å². The first-order valence-electron chi connectivity index (χ1n) is 9.49. The molecule has 152 valence electrons. The molecule has 6 heteroatoms. The molecule has 0 spiro atoms. The standard InChI is InChI=1S/C22H27ClO5/c1-3-13-4-6-14(7-5-13)10-15-11-16(8-9-17(15)23)22(2)21(27)20(26)19(25)18(12-24)28-22/h4-9,11,18-21,24-27H,3,10,12H2,1-2H3/t18?,19-,20+,21-,22+/m1/s1. The fourth-order valence-electron chi connectivity index (χ4n) is 3.70. The van der Waals surface area contributed by atoms with E-state index in [0.717, 1.165) is 17.5 Å². The number of aryl methyl sites for hydroxylation is 1. The van der Waals surface area contributed by atoms with Crippen LogP contribution in [0.25, 0.3) is 0 Å². The minimum Gasteiger partial charge on any atom is -0.394 e. The van der Waals surface area contributed by atoms with Gasteiger partial charge in [0.1, 0.15) is 30.0 Å². The second-order valence-corrected chi connectivity index (χ2v) is 7.93. The van der Waals surface area contributed by atoms with E-state index in [1.807, 2.05) is 6.07 Å². The summed E-state index contributed by atoms with van der Waals surface area (Å²) < 4.78 is 5.83. The van der Waals surface area contributed by atoms with Gasteiger partial charge < -0.3 is 25.2 Å². The molecule has 0 amide bonds. The molecule has 2 aromatic carbocycles. The van der Waals surface area contributed by atoms with Crippen molar-refractivity contribution in [2.45, 2.75) is 56.7 Å². The molecule has 0 bridgehead atoms. The van der Waals surface area contributed by atoms with Gasteiger partial charge in [0.15, 0.2) is 0 Å². The minimum atomic E-state index is -1.43. The monoisotopic (exact) mass is 406 g/mol. The lowest BCUT2D eigenvalue weighted by Crippen LogP contribution is -2.62. The van der Waals surface area contributed by atoms with Crippen molar-refractivity contribution in [3.05, 3.63) is 69.7 Å². The molecular weight excluding hydrogens is 380 g/mol. The van der Waals surface area contributed by atoms with E-state index in [1.165, 1.54) is 5.56 Å². The lowest BCUT2D eigenvalue weighted by Gasteiger charge is -2.47. The summed E-state index contributed by atoms with van der Waals surface area (Å²) in [4.78, 5) is 0. The highest BCUT2D eigenvalue weighted by Crippen LogP contribution is 2.39. The van der Waals surface area contributed by atoms with Crippen LogP contribution in [0.15, 0.2) is 42.5 Å². The Hall–Kier alpha value is -1.47. The molecule has 5 nitrogen and oxygen atoms in total. The third-order valence-corrected chi connectivity index (χ3v) is 6.01. The molecule has 1 heterocycles. The fourth-order valence-corrected chi connectivity index (χ4v) is 3.89. The molecule has 4 N–H and O–H groups in total. The van der Waals surface area contributed by atoms with E-state index < -0.39 is 36.6 Å². The van der Waals surface area contributed by atoms with Crippen LogP contribution >= 0.6 is 11.6 Å². The Balaban J connectivity index is 1.92. The van der Waals surface area contributed by atoms with Crippen LogP contribution in [-0.4, -0.2) is 51.4 Å². The van der Waals surface area contributed by atoms with E-state index in [9.17, 15) is 20.4 Å². The van der Waals surface area contributed by atoms with Crippen LogP contribution in [0.5, 0.6) is 0 Å². The minimum absolute atomic E-state index is 0.467. The zero-order chi connectivity index (χ0) is 20.5. The highest BCUT2D eigenvalue weighted by molar-refractivity contribution is 6.31. The molecule has 5 atom stereocenters. The van der Waals surface area contributed by atoms with Crippen molar-refractivity contribution in [1.82, 2.24) is 0 Å². The summed E-state index contributed by atoms with van der Waals surface area (Å²) in [5.74, 6) is 0. The molecule has 0 radical (unpaired) electrons. The Morgan fingerprint density at radius 3 is 2.25 bits per heavy atom. The van der Waals surface area contributed by atoms with Crippen LogP contribution in [0, 0.1) is 0 Å². The van der Waals surface area contributed by atoms with Crippen molar-refractivity contribution < 1.29 is 25.2 Å². The summed E-state index contributed by atoms with van der Waals surface area (Å²) in [6, 6.07) is 13.6. The summed E-state index contributed by atoms with van der Waals surface area (Å²) in [7, 11) is 0. The van der Waals surface area contributed by atoms with Crippen LogP contribution in [-0.2, 0) is 23.2 Å². The Morgan fingerprint density at radius 2 is 1.64 bits per heavy atom. The predicted molar refractivity (Wildman–Crippen MR) is 107 cm³/mol. The van der Waals surface area contributed by atoms with Crippen molar-refractivity contribution in [1.29, 1.82) is 0 Å². The number of aliphatic hydroxyl groups is 4. The molecule has 1 fully saturated rings. The van der Waals surface area contributed by atoms with Crippen molar-refractivity contribution in [2.24, 2.45) is 0 Å². The Kier molecular flexibility index (Phi) is 6.44. The van der Waals surface area contributed by atoms with Gasteiger partial charge in [-0.1, -0.05) is 54.9 Å². The zero-order valence-electron chi connectivity index (χ0n) is 16.0. The summed E-state index contributed by atoms with van der Waals surface area (Å²) >= 11 is 6.40. The number of hydrogen-bond acceptors (Lipinski definition) is 5. The molecular formula is C22H27ClO5. The molecule has 0 aromatic heterocycles. The van der Waals surface area contributed by atoms with E-state index >= 15 is 0 Å². The molecule has 0 saturated carbocycles. The van der Waals surface area contributed by atoms with Gasteiger partial charge in [-0.15, -0.1) is 0 Å². The maximum Gasteiger partial charge on any atom is 0.119 e. The van der Waals surface area contributed by atoms with Crippen molar-refractivity contribution in [2.75, 3.05) is 6.61 Å². The van der Waals surface area contributed by atoms with Gasteiger partial charge in [-0.05, 0) is 48.1 Å². The maximum absolute atomic E-state index is 10.6. The van der Waals surface area contributed by atoms with Gasteiger partial charge >= 0.3 is 0 Å². The Morgan fingerprint density at radius 1 is 1.00 bits per heavy atom. The van der Waals surface area contributed by atoms with Gasteiger partial charge in [0.05, 0.1) is 6.61 Å². The van der Waals surface area contributed by atoms with E-state index in [4.69, 9.17) is 16.3 Å². The second kappa shape index (κ2) is 8.49. The first-order chi connectivity index (χ1) is 13.3. The van der Waals surface area contributed by atoms with Gasteiger partial charge in [-0.25, -0.2) is 0 Å². The highest BCUT2D eigenvalue weighted by Gasteiger charge is 2.51. The van der Waals surface area contributed by atoms with Crippen LogP contribution in [0.3, 0.4) is 0 Å². The van der Waals surface area contributed by atoms with Crippen LogP contribution in [0.1, 0.15) is 36.1 Å². The van der Waals surface area contributed by atoms with Gasteiger partial charge in [-0.2, -0.15) is 0 Å². The third kappa shape index (κ3) is 3.96. The number of benzene rings is 2. The lowest BCUT2D eigenvalue weighted by molar-refractivity contribution is -0.273. The number of halogens is 1. The van der Waals surface area contributed by atoms with Crippen LogP contribution < -0.4 is 0 Å². The average Bonchev–Trinajstić information content (AvgIpc) is 2.71. The number of aliphatic hydroxyl groups excluding tert-OH is 4. The second-order valence-electron chi connectivity index (χ2n) is 7.52. The summed E-state index contributed by atoms with van der Waals surface area (Å²) in [5.41, 5.74) is 2.56. The predicted octanol–water partition coefficient (Wildman–Crippen LogP) is 2.18. The zero-order valence-corrected chi connectivity index (χ0v) is 16.8. The van der Waals surface area contributed by atoms with Gasteiger partial charge in [0.2, 0.25) is 0 Å². The number of ether oxygens (including phenoxy) is 1. The largest absolute Gasteiger partial charge is 0.394 e. The van der Waals surface area contributed by atoms with Gasteiger partial charge in [0.25, 0.3) is 0 Å². The molecule has 1 saturated heterocycles. The number of rotatable bonds is 5. The summed E-state index contributed by atoms with van der Waals surface area (Å²) in [6.07, 6.45) is -3.57. The van der Waals surface area contributed by atoms with Crippen molar-refractivity contribution in [3.63, 3.8) is 0 Å². The van der Waals surface area contributed by atoms with E-state index in [1.54, 1.807) is 19.1 Å². The normalized spacial score (nSPS) is 30.4. The van der Waals surface area contributed by atoms with Gasteiger partial charge in [0, 0.05) is 5.02 Å². The highest BCUT2D eigenvalue weighted by atomic mass is 35.5. The summed E-state index contributed by atoms with van der Waals surface area (Å²) in [6.45, 7) is 3.28. The molecule has 1 aliphatic rings. The molecule has 1 unspecified atom stereocenters. The fraction of sp³-hybridized carbons (Fsp3) is 0.455. The summed E-state index contributed by atoms with van der Waals surface area (Å²) in [5, 5.41) is 40.9. The SMILES string of the molecule is CCc1ccc(Cc2cc([C@]3(C)OC(CO)[C@@H](O)[C@H](O)[C@H]3O)ccc2Cl)cc1. The lowest BCUT2D eigenvalue weighted by atomic mass is 9.80. The van der Waals surface area contributed by atoms with E-state index in [2.05, 4.69) is 31.2 Å².